The van der Waals surface area contributed by atoms with Gasteiger partial charge in [0.1, 0.15) is 0 Å². The van der Waals surface area contributed by atoms with E-state index < -0.39 is 0 Å². The van der Waals surface area contributed by atoms with Gasteiger partial charge in [-0.3, -0.25) is 0 Å². The highest BCUT2D eigenvalue weighted by Crippen LogP contribution is 2.31. The van der Waals surface area contributed by atoms with Gasteiger partial charge in [-0.15, -0.1) is 0 Å². The van der Waals surface area contributed by atoms with E-state index in [-0.39, 0.29) is 0 Å². The lowest BCUT2D eigenvalue weighted by Gasteiger charge is -2.09. The molecule has 0 atom stereocenters. The van der Waals surface area contributed by atoms with Gasteiger partial charge in [0, 0.05) is 0 Å². The Labute approximate surface area is 141 Å². The number of hydrogen-bond donors (Lipinski definition) is 0. The summed E-state index contributed by atoms with van der Waals surface area (Å²) in [4.78, 5) is 0. The molecule has 0 bridgehead atoms. The Hall–Kier alpha value is -2.86. The molecule has 0 aliphatic heterocycles. The van der Waals surface area contributed by atoms with E-state index in [0.717, 1.165) is 0 Å². The van der Waals surface area contributed by atoms with Crippen molar-refractivity contribution in [3.63, 3.8) is 0 Å². The molecule has 0 heteroatoms. The lowest BCUT2D eigenvalue weighted by atomic mass is 9.96. The van der Waals surface area contributed by atoms with Crippen LogP contribution in [0.2, 0.25) is 0 Å². The summed E-state index contributed by atoms with van der Waals surface area (Å²) in [6, 6.07) is 27.1. The Morgan fingerprint density at radius 1 is 0.375 bits per heavy atom. The van der Waals surface area contributed by atoms with Crippen molar-refractivity contribution >= 4 is 43.1 Å². The largest absolute Gasteiger partial charge is 0.0616 e. The van der Waals surface area contributed by atoms with Crippen LogP contribution in [0.15, 0.2) is 72.8 Å². The third-order valence-electron chi connectivity index (χ3n) is 5.23. The fourth-order valence-corrected chi connectivity index (χ4v) is 3.72. The summed E-state index contributed by atoms with van der Waals surface area (Å²) >= 11 is 0. The minimum atomic E-state index is 1.30. The van der Waals surface area contributed by atoms with E-state index in [9.17, 15) is 0 Å². The SMILES string of the molecule is Cc1cc2cc3cc4cc5ccccc5cc4cc3cc2cc1C. The van der Waals surface area contributed by atoms with Crippen molar-refractivity contribution in [1.29, 1.82) is 0 Å². The average molecular weight is 306 g/mol. The number of aryl methyl sites for hydroxylation is 2. The van der Waals surface area contributed by atoms with Crippen LogP contribution in [-0.2, 0) is 0 Å². The van der Waals surface area contributed by atoms with Gasteiger partial charge >= 0.3 is 0 Å². The van der Waals surface area contributed by atoms with Gasteiger partial charge in [-0.25, -0.2) is 0 Å². The molecule has 0 unspecified atom stereocenters. The van der Waals surface area contributed by atoms with Crippen molar-refractivity contribution < 1.29 is 0 Å². The van der Waals surface area contributed by atoms with E-state index in [4.69, 9.17) is 0 Å². The molecule has 0 saturated heterocycles. The number of benzene rings is 5. The molecule has 5 aromatic carbocycles. The summed E-state index contributed by atoms with van der Waals surface area (Å²) in [6.07, 6.45) is 0. The molecular formula is C24H18. The van der Waals surface area contributed by atoms with Crippen molar-refractivity contribution in [1.82, 2.24) is 0 Å². The van der Waals surface area contributed by atoms with Crippen LogP contribution in [0.25, 0.3) is 43.1 Å². The molecule has 114 valence electrons. The second-order valence-electron chi connectivity index (χ2n) is 6.88. The van der Waals surface area contributed by atoms with Crippen molar-refractivity contribution in [2.75, 3.05) is 0 Å². The topological polar surface area (TPSA) is 0 Å². The highest BCUT2D eigenvalue weighted by atomic mass is 14.1. The van der Waals surface area contributed by atoms with Gasteiger partial charge in [-0.1, -0.05) is 36.4 Å². The number of rotatable bonds is 0. The Balaban J connectivity index is 1.89. The van der Waals surface area contributed by atoms with Crippen molar-refractivity contribution in [3.8, 4) is 0 Å². The monoisotopic (exact) mass is 306 g/mol. The van der Waals surface area contributed by atoms with Gasteiger partial charge in [0.15, 0.2) is 0 Å². The van der Waals surface area contributed by atoms with Crippen molar-refractivity contribution in [3.05, 3.63) is 83.9 Å². The third kappa shape index (κ3) is 2.00. The zero-order valence-electron chi connectivity index (χ0n) is 13.9. The molecule has 0 aliphatic rings. The molecule has 0 fully saturated rings. The first kappa shape index (κ1) is 13.6. The molecule has 0 heterocycles. The minimum absolute atomic E-state index is 1.30. The Morgan fingerprint density at radius 2 is 0.667 bits per heavy atom. The lowest BCUT2D eigenvalue weighted by Crippen LogP contribution is -1.84. The summed E-state index contributed by atoms with van der Waals surface area (Å²) in [6.45, 7) is 4.37. The van der Waals surface area contributed by atoms with Crippen LogP contribution < -0.4 is 0 Å². The predicted molar refractivity (Wildman–Crippen MR) is 106 cm³/mol. The zero-order chi connectivity index (χ0) is 16.3. The van der Waals surface area contributed by atoms with Gasteiger partial charge in [0.05, 0.1) is 0 Å². The predicted octanol–water partition coefficient (Wildman–Crippen LogP) is 6.92. The van der Waals surface area contributed by atoms with Gasteiger partial charge in [-0.05, 0) is 104 Å². The Bertz CT molecular complexity index is 1160. The molecular weight excluding hydrogens is 288 g/mol. The standard InChI is InChI=1S/C24H18/c1-15-7-19-11-23-13-21-9-17-5-3-4-6-18(17)10-22(21)14-24(23)12-20(19)8-16(15)2/h3-14H,1-2H3. The van der Waals surface area contributed by atoms with E-state index in [2.05, 4.69) is 86.6 Å². The first-order chi connectivity index (χ1) is 11.7. The fourth-order valence-electron chi connectivity index (χ4n) is 3.72. The average Bonchev–Trinajstić information content (AvgIpc) is 2.58. The third-order valence-corrected chi connectivity index (χ3v) is 5.23. The van der Waals surface area contributed by atoms with E-state index in [0.29, 0.717) is 0 Å². The Morgan fingerprint density at radius 3 is 1.04 bits per heavy atom. The maximum absolute atomic E-state index is 2.33. The van der Waals surface area contributed by atoms with Crippen LogP contribution in [0, 0.1) is 13.8 Å². The van der Waals surface area contributed by atoms with Crippen LogP contribution >= 0.6 is 0 Å². The molecule has 0 nitrogen and oxygen atoms in total. The van der Waals surface area contributed by atoms with Crippen LogP contribution in [0.1, 0.15) is 11.1 Å². The second kappa shape index (κ2) is 4.82. The molecule has 0 spiro atoms. The number of fused-ring (bicyclic) bond motifs is 4. The van der Waals surface area contributed by atoms with Crippen LogP contribution in [-0.4, -0.2) is 0 Å². The summed E-state index contributed by atoms with van der Waals surface area (Å²) in [5.41, 5.74) is 2.71. The highest BCUT2D eigenvalue weighted by molar-refractivity contribution is 6.08. The van der Waals surface area contributed by atoms with Crippen LogP contribution in [0.3, 0.4) is 0 Å². The molecule has 0 N–H and O–H groups in total. The van der Waals surface area contributed by atoms with E-state index >= 15 is 0 Å². The molecule has 0 saturated carbocycles. The highest BCUT2D eigenvalue weighted by Gasteiger charge is 2.04. The van der Waals surface area contributed by atoms with Gasteiger partial charge in [0.2, 0.25) is 0 Å². The molecule has 5 aromatic rings. The van der Waals surface area contributed by atoms with Crippen molar-refractivity contribution in [2.45, 2.75) is 13.8 Å². The summed E-state index contributed by atoms with van der Waals surface area (Å²) in [7, 11) is 0. The summed E-state index contributed by atoms with van der Waals surface area (Å²) in [5.74, 6) is 0. The quantitative estimate of drug-likeness (QED) is 0.272. The van der Waals surface area contributed by atoms with Crippen LogP contribution in [0.4, 0.5) is 0 Å². The molecule has 0 radical (unpaired) electrons. The number of hydrogen-bond acceptors (Lipinski definition) is 0. The molecule has 0 aromatic heterocycles. The lowest BCUT2D eigenvalue weighted by molar-refractivity contribution is 1.37. The molecule has 0 aliphatic carbocycles. The van der Waals surface area contributed by atoms with Gasteiger partial charge in [-0.2, -0.15) is 0 Å². The summed E-state index contributed by atoms with van der Waals surface area (Å²) < 4.78 is 0. The fraction of sp³-hybridized carbons (Fsp3) is 0.0833. The minimum Gasteiger partial charge on any atom is -0.0616 e. The molecule has 0 amide bonds. The molecule has 24 heavy (non-hydrogen) atoms. The van der Waals surface area contributed by atoms with Crippen molar-refractivity contribution in [2.24, 2.45) is 0 Å². The van der Waals surface area contributed by atoms with E-state index in [1.165, 1.54) is 54.2 Å². The smallest absolute Gasteiger partial charge is 0.0171 e. The zero-order valence-corrected chi connectivity index (χ0v) is 13.9. The second-order valence-corrected chi connectivity index (χ2v) is 6.88. The Kier molecular flexibility index (Phi) is 2.72. The first-order valence-electron chi connectivity index (χ1n) is 8.45. The summed E-state index contributed by atoms with van der Waals surface area (Å²) in [5, 5.41) is 10.5. The molecule has 5 rings (SSSR count). The van der Waals surface area contributed by atoms with Gasteiger partial charge in [0.25, 0.3) is 0 Å². The van der Waals surface area contributed by atoms with Crippen LogP contribution in [0.5, 0.6) is 0 Å². The first-order valence-corrected chi connectivity index (χ1v) is 8.45. The maximum atomic E-state index is 2.33. The maximum Gasteiger partial charge on any atom is -0.0171 e. The normalized spacial score (nSPS) is 11.8. The van der Waals surface area contributed by atoms with E-state index in [1.54, 1.807) is 0 Å². The van der Waals surface area contributed by atoms with E-state index in [1.807, 2.05) is 0 Å². The van der Waals surface area contributed by atoms with Gasteiger partial charge < -0.3 is 0 Å².